The fraction of sp³-hybridized carbons (Fsp3) is 0.529. The number of benzene rings is 1. The molecule has 2 unspecified atom stereocenters. The molecule has 0 radical (unpaired) electrons. The monoisotopic (exact) mass is 286 g/mol. The van der Waals surface area contributed by atoms with Gasteiger partial charge in [0.05, 0.1) is 0 Å². The molecule has 2 aliphatic heterocycles. The van der Waals surface area contributed by atoms with E-state index in [-0.39, 0.29) is 30.4 Å². The maximum Gasteiger partial charge on any atom is 0.246 e. The van der Waals surface area contributed by atoms with Gasteiger partial charge in [0, 0.05) is 12.6 Å². The van der Waals surface area contributed by atoms with Gasteiger partial charge in [0.2, 0.25) is 11.8 Å². The van der Waals surface area contributed by atoms with E-state index in [0.29, 0.717) is 0 Å². The summed E-state index contributed by atoms with van der Waals surface area (Å²) in [4.78, 5) is 28.2. The Morgan fingerprint density at radius 2 is 2.00 bits per heavy atom. The number of fused-ring (bicyclic) bond motifs is 1. The lowest BCUT2D eigenvalue weighted by Gasteiger charge is -2.39. The smallest absolute Gasteiger partial charge is 0.246 e. The minimum absolute atomic E-state index is 0.115. The molecule has 2 aliphatic rings. The average Bonchev–Trinajstić information content (AvgIpc) is 3.00. The molecule has 0 N–H and O–H groups in total. The standard InChI is InChI=1S/C17H22N2O2/c1-13(9-10-14-6-3-2-4-7-14)19-12-16(20)18-11-5-8-15(18)17(19)21/h2-4,6-7,13,15H,5,8-12H2,1H3. The Morgan fingerprint density at radius 3 is 2.76 bits per heavy atom. The molecule has 3 rings (SSSR count). The number of hydrogen-bond donors (Lipinski definition) is 0. The van der Waals surface area contributed by atoms with Crippen molar-refractivity contribution in [3.63, 3.8) is 0 Å². The second-order valence-electron chi connectivity index (χ2n) is 6.08. The second kappa shape index (κ2) is 5.88. The predicted molar refractivity (Wildman–Crippen MR) is 80.7 cm³/mol. The van der Waals surface area contributed by atoms with Gasteiger partial charge in [0.15, 0.2) is 0 Å². The van der Waals surface area contributed by atoms with Gasteiger partial charge in [0.25, 0.3) is 0 Å². The van der Waals surface area contributed by atoms with Crippen molar-refractivity contribution in [2.24, 2.45) is 0 Å². The van der Waals surface area contributed by atoms with Crippen LogP contribution in [0.3, 0.4) is 0 Å². The lowest BCUT2D eigenvalue weighted by Crippen LogP contribution is -2.59. The molecule has 0 aromatic heterocycles. The summed E-state index contributed by atoms with van der Waals surface area (Å²) in [6.07, 6.45) is 3.62. The van der Waals surface area contributed by atoms with Gasteiger partial charge >= 0.3 is 0 Å². The highest BCUT2D eigenvalue weighted by molar-refractivity contribution is 5.95. The van der Waals surface area contributed by atoms with Crippen molar-refractivity contribution >= 4 is 11.8 Å². The third-order valence-electron chi connectivity index (χ3n) is 4.67. The van der Waals surface area contributed by atoms with Crippen LogP contribution in [0.1, 0.15) is 31.7 Å². The van der Waals surface area contributed by atoms with Gasteiger partial charge in [0.1, 0.15) is 12.6 Å². The van der Waals surface area contributed by atoms with Gasteiger partial charge < -0.3 is 9.80 Å². The summed E-state index contributed by atoms with van der Waals surface area (Å²) < 4.78 is 0. The third-order valence-corrected chi connectivity index (χ3v) is 4.67. The fourth-order valence-electron chi connectivity index (χ4n) is 3.38. The number of amides is 2. The van der Waals surface area contributed by atoms with Gasteiger partial charge in [-0.05, 0) is 38.2 Å². The lowest BCUT2D eigenvalue weighted by atomic mass is 10.0. The zero-order chi connectivity index (χ0) is 14.8. The Kier molecular flexibility index (Phi) is 3.95. The van der Waals surface area contributed by atoms with Crippen LogP contribution in [0.5, 0.6) is 0 Å². The van der Waals surface area contributed by atoms with Crippen molar-refractivity contribution in [3.05, 3.63) is 35.9 Å². The predicted octanol–water partition coefficient (Wildman–Crippen LogP) is 1.84. The van der Waals surface area contributed by atoms with Gasteiger partial charge in [-0.25, -0.2) is 0 Å². The molecular weight excluding hydrogens is 264 g/mol. The van der Waals surface area contributed by atoms with Crippen LogP contribution in [0, 0.1) is 0 Å². The normalized spacial score (nSPS) is 23.4. The lowest BCUT2D eigenvalue weighted by molar-refractivity contribution is -0.155. The molecule has 21 heavy (non-hydrogen) atoms. The number of carbonyl (C=O) groups is 2. The molecular formula is C17H22N2O2. The van der Waals surface area contributed by atoms with Crippen LogP contribution >= 0.6 is 0 Å². The van der Waals surface area contributed by atoms with Crippen LogP contribution in [0.15, 0.2) is 30.3 Å². The maximum absolute atomic E-state index is 12.5. The molecule has 2 atom stereocenters. The van der Waals surface area contributed by atoms with E-state index in [1.165, 1.54) is 5.56 Å². The van der Waals surface area contributed by atoms with E-state index in [1.54, 1.807) is 9.80 Å². The molecule has 1 aromatic rings. The average molecular weight is 286 g/mol. The second-order valence-corrected chi connectivity index (χ2v) is 6.08. The van der Waals surface area contributed by atoms with Crippen molar-refractivity contribution in [2.75, 3.05) is 13.1 Å². The topological polar surface area (TPSA) is 40.6 Å². The quantitative estimate of drug-likeness (QED) is 0.847. The van der Waals surface area contributed by atoms with Crippen LogP contribution in [-0.4, -0.2) is 46.8 Å². The van der Waals surface area contributed by atoms with Crippen LogP contribution in [0.4, 0.5) is 0 Å². The van der Waals surface area contributed by atoms with Gasteiger partial charge in [-0.3, -0.25) is 9.59 Å². The summed E-state index contributed by atoms with van der Waals surface area (Å²) >= 11 is 0. The molecule has 2 amide bonds. The highest BCUT2D eigenvalue weighted by Gasteiger charge is 2.42. The van der Waals surface area contributed by atoms with Crippen molar-refractivity contribution in [1.82, 2.24) is 9.80 Å². The first kappa shape index (κ1) is 14.1. The summed E-state index contributed by atoms with van der Waals surface area (Å²) in [5.74, 6) is 0.260. The molecule has 2 saturated heterocycles. The molecule has 4 heteroatoms. The molecule has 2 heterocycles. The van der Waals surface area contributed by atoms with E-state index >= 15 is 0 Å². The first-order valence-electron chi connectivity index (χ1n) is 7.80. The van der Waals surface area contributed by atoms with Gasteiger partial charge in [-0.15, -0.1) is 0 Å². The summed E-state index contributed by atoms with van der Waals surface area (Å²) in [7, 11) is 0. The van der Waals surface area contributed by atoms with Crippen LogP contribution < -0.4 is 0 Å². The SMILES string of the molecule is CC(CCc1ccccc1)N1CC(=O)N2CCCC2C1=O. The van der Waals surface area contributed by atoms with E-state index < -0.39 is 0 Å². The molecule has 0 bridgehead atoms. The summed E-state index contributed by atoms with van der Waals surface area (Å²) in [5, 5.41) is 0. The largest absolute Gasteiger partial charge is 0.329 e. The van der Waals surface area contributed by atoms with E-state index in [2.05, 4.69) is 19.1 Å². The Morgan fingerprint density at radius 1 is 1.24 bits per heavy atom. The number of rotatable bonds is 4. The van der Waals surface area contributed by atoms with Crippen LogP contribution in [0.2, 0.25) is 0 Å². The molecule has 0 saturated carbocycles. The fourth-order valence-corrected chi connectivity index (χ4v) is 3.38. The van der Waals surface area contributed by atoms with Crippen LogP contribution in [-0.2, 0) is 16.0 Å². The first-order chi connectivity index (χ1) is 10.2. The zero-order valence-corrected chi connectivity index (χ0v) is 12.5. The van der Waals surface area contributed by atoms with E-state index in [1.807, 2.05) is 18.2 Å². The van der Waals surface area contributed by atoms with E-state index in [9.17, 15) is 9.59 Å². The van der Waals surface area contributed by atoms with Crippen molar-refractivity contribution in [3.8, 4) is 0 Å². The Balaban J connectivity index is 1.63. The Labute approximate surface area is 125 Å². The Hall–Kier alpha value is -1.84. The number of carbonyl (C=O) groups excluding carboxylic acids is 2. The first-order valence-corrected chi connectivity index (χ1v) is 7.80. The van der Waals surface area contributed by atoms with E-state index in [4.69, 9.17) is 0 Å². The molecule has 1 aromatic carbocycles. The summed E-state index contributed by atoms with van der Waals surface area (Å²) in [5.41, 5.74) is 1.28. The van der Waals surface area contributed by atoms with Crippen molar-refractivity contribution in [1.29, 1.82) is 0 Å². The highest BCUT2D eigenvalue weighted by atomic mass is 16.2. The molecule has 112 valence electrons. The molecule has 4 nitrogen and oxygen atoms in total. The summed E-state index contributed by atoms with van der Waals surface area (Å²) in [6.45, 7) is 3.06. The third kappa shape index (κ3) is 2.80. The Bertz CT molecular complexity index is 529. The molecule has 2 fully saturated rings. The van der Waals surface area contributed by atoms with Gasteiger partial charge in [-0.2, -0.15) is 0 Å². The van der Waals surface area contributed by atoms with Crippen LogP contribution in [0.25, 0.3) is 0 Å². The highest BCUT2D eigenvalue weighted by Crippen LogP contribution is 2.25. The number of aryl methyl sites for hydroxylation is 1. The summed E-state index contributed by atoms with van der Waals surface area (Å²) in [6, 6.07) is 10.2. The molecule has 0 spiro atoms. The minimum atomic E-state index is -0.189. The number of piperazine rings is 1. The van der Waals surface area contributed by atoms with Crippen molar-refractivity contribution < 1.29 is 9.59 Å². The molecule has 0 aliphatic carbocycles. The minimum Gasteiger partial charge on any atom is -0.329 e. The van der Waals surface area contributed by atoms with E-state index in [0.717, 1.165) is 32.2 Å². The maximum atomic E-state index is 12.5. The number of hydrogen-bond acceptors (Lipinski definition) is 2. The van der Waals surface area contributed by atoms with Gasteiger partial charge in [-0.1, -0.05) is 30.3 Å². The van der Waals surface area contributed by atoms with Crippen molar-refractivity contribution in [2.45, 2.75) is 44.7 Å². The zero-order valence-electron chi connectivity index (χ0n) is 12.5. The number of nitrogens with zero attached hydrogens (tertiary/aromatic N) is 2.